The number of aryl methyl sites for hydroxylation is 1. The van der Waals surface area contributed by atoms with E-state index in [0.29, 0.717) is 25.2 Å². The van der Waals surface area contributed by atoms with E-state index in [1.165, 1.54) is 0 Å². The van der Waals surface area contributed by atoms with Gasteiger partial charge in [-0.15, -0.1) is 0 Å². The van der Waals surface area contributed by atoms with Crippen LogP contribution in [0.4, 0.5) is 16.2 Å². The maximum Gasteiger partial charge on any atom is 0.325 e. The van der Waals surface area contributed by atoms with Gasteiger partial charge < -0.3 is 10.2 Å². The Balaban J connectivity index is 1.60. The molecule has 0 bridgehead atoms. The number of nitrogens with zero attached hydrogens (tertiary/aromatic N) is 2. The molecule has 3 amide bonds. The Morgan fingerprint density at radius 3 is 2.24 bits per heavy atom. The Bertz CT molecular complexity index is 1130. The van der Waals surface area contributed by atoms with E-state index in [9.17, 15) is 9.59 Å². The van der Waals surface area contributed by atoms with E-state index in [4.69, 9.17) is 0 Å². The van der Waals surface area contributed by atoms with Crippen molar-refractivity contribution in [2.24, 2.45) is 0 Å². The zero-order valence-electron chi connectivity index (χ0n) is 20.2. The van der Waals surface area contributed by atoms with E-state index in [1.54, 1.807) is 0 Å². The number of hydrogen-bond acceptors (Lipinski definition) is 2. The SMILES string of the molecule is CCC(C(=O)Nc1cc(C)ccc1N1CCCN(C(C)c2ccccc2)C1=O)c1ccccc1. The number of carbonyl (C=O) groups excluding carboxylic acids is 2. The van der Waals surface area contributed by atoms with Crippen LogP contribution in [0.2, 0.25) is 0 Å². The van der Waals surface area contributed by atoms with Gasteiger partial charge in [-0.1, -0.05) is 73.7 Å². The molecule has 4 rings (SSSR count). The van der Waals surface area contributed by atoms with Crippen LogP contribution in [0.25, 0.3) is 0 Å². The normalized spacial score (nSPS) is 15.7. The van der Waals surface area contributed by atoms with Gasteiger partial charge in [0.1, 0.15) is 0 Å². The van der Waals surface area contributed by atoms with E-state index in [1.807, 2.05) is 90.4 Å². The third-order valence-electron chi connectivity index (χ3n) is 6.63. The lowest BCUT2D eigenvalue weighted by atomic mass is 9.95. The van der Waals surface area contributed by atoms with Crippen LogP contribution in [0, 0.1) is 6.92 Å². The van der Waals surface area contributed by atoms with Gasteiger partial charge in [0.15, 0.2) is 0 Å². The summed E-state index contributed by atoms with van der Waals surface area (Å²) in [6.45, 7) is 7.42. The molecule has 1 aliphatic rings. The Morgan fingerprint density at radius 2 is 1.59 bits per heavy atom. The minimum atomic E-state index is -0.249. The molecule has 2 atom stereocenters. The Hall–Kier alpha value is -3.60. The standard InChI is InChI=1S/C29H33N3O2/c1-4-25(24-14-9-6-10-15-24)28(33)30-26-20-21(2)16-17-27(26)32-19-11-18-31(29(32)34)22(3)23-12-7-5-8-13-23/h5-10,12-17,20,22,25H,4,11,18-19H2,1-3H3,(H,30,33). The molecule has 1 heterocycles. The van der Waals surface area contributed by atoms with Gasteiger partial charge in [0, 0.05) is 13.1 Å². The van der Waals surface area contributed by atoms with E-state index < -0.39 is 0 Å². The first kappa shape index (κ1) is 23.6. The lowest BCUT2D eigenvalue weighted by molar-refractivity contribution is -0.117. The summed E-state index contributed by atoms with van der Waals surface area (Å²) in [6.07, 6.45) is 1.56. The number of rotatable bonds is 7. The van der Waals surface area contributed by atoms with Crippen molar-refractivity contribution in [2.75, 3.05) is 23.3 Å². The third-order valence-corrected chi connectivity index (χ3v) is 6.63. The highest BCUT2D eigenvalue weighted by Gasteiger charge is 2.32. The largest absolute Gasteiger partial charge is 0.325 e. The Labute approximate surface area is 202 Å². The summed E-state index contributed by atoms with van der Waals surface area (Å²) in [4.78, 5) is 30.6. The Kier molecular flexibility index (Phi) is 7.31. The third kappa shape index (κ3) is 4.98. The lowest BCUT2D eigenvalue weighted by Gasteiger charge is -2.39. The second kappa shape index (κ2) is 10.6. The predicted octanol–water partition coefficient (Wildman–Crippen LogP) is 6.52. The summed E-state index contributed by atoms with van der Waals surface area (Å²) in [7, 11) is 0. The molecular formula is C29H33N3O2. The van der Waals surface area contributed by atoms with E-state index in [-0.39, 0.29) is 23.9 Å². The zero-order valence-corrected chi connectivity index (χ0v) is 20.2. The minimum absolute atomic E-state index is 0.0254. The molecule has 1 aliphatic heterocycles. The lowest BCUT2D eigenvalue weighted by Crippen LogP contribution is -2.50. The van der Waals surface area contributed by atoms with Crippen LogP contribution in [0.15, 0.2) is 78.9 Å². The summed E-state index contributed by atoms with van der Waals surface area (Å²) in [6, 6.07) is 25.8. The fourth-order valence-corrected chi connectivity index (χ4v) is 4.70. The number of carbonyl (C=O) groups is 2. The van der Waals surface area contributed by atoms with Gasteiger partial charge in [0.05, 0.1) is 23.3 Å². The maximum atomic E-state index is 13.6. The quantitative estimate of drug-likeness (QED) is 0.441. The highest BCUT2D eigenvalue weighted by atomic mass is 16.2. The molecule has 3 aromatic rings. The van der Waals surface area contributed by atoms with Gasteiger partial charge in [-0.2, -0.15) is 0 Å². The number of anilines is 2. The zero-order chi connectivity index (χ0) is 24.1. The first-order chi connectivity index (χ1) is 16.5. The molecule has 176 valence electrons. The summed E-state index contributed by atoms with van der Waals surface area (Å²) >= 11 is 0. The summed E-state index contributed by atoms with van der Waals surface area (Å²) in [5.41, 5.74) is 4.57. The maximum absolute atomic E-state index is 13.6. The molecule has 0 aliphatic carbocycles. The number of urea groups is 1. The molecular weight excluding hydrogens is 422 g/mol. The van der Waals surface area contributed by atoms with Crippen LogP contribution in [0.5, 0.6) is 0 Å². The van der Waals surface area contributed by atoms with E-state index >= 15 is 0 Å². The summed E-state index contributed by atoms with van der Waals surface area (Å²) in [5.74, 6) is -0.305. The molecule has 5 nitrogen and oxygen atoms in total. The molecule has 0 saturated carbocycles. The minimum Gasteiger partial charge on any atom is -0.324 e. The first-order valence-electron chi connectivity index (χ1n) is 12.1. The number of nitrogens with one attached hydrogen (secondary N) is 1. The van der Waals surface area contributed by atoms with Crippen molar-refractivity contribution < 1.29 is 9.59 Å². The molecule has 1 fully saturated rings. The number of amides is 3. The highest BCUT2D eigenvalue weighted by molar-refractivity contribution is 6.02. The average Bonchev–Trinajstić information content (AvgIpc) is 2.86. The summed E-state index contributed by atoms with van der Waals surface area (Å²) in [5, 5.41) is 3.14. The van der Waals surface area contributed by atoms with Gasteiger partial charge in [-0.3, -0.25) is 9.69 Å². The number of hydrogen-bond donors (Lipinski definition) is 1. The molecule has 2 unspecified atom stereocenters. The van der Waals surface area contributed by atoms with Crippen LogP contribution in [0.1, 0.15) is 55.3 Å². The van der Waals surface area contributed by atoms with Gasteiger partial charge in [0.25, 0.3) is 0 Å². The van der Waals surface area contributed by atoms with Gasteiger partial charge in [-0.25, -0.2) is 4.79 Å². The van der Waals surface area contributed by atoms with Crippen molar-refractivity contribution in [2.45, 2.75) is 45.6 Å². The van der Waals surface area contributed by atoms with Crippen molar-refractivity contribution >= 4 is 23.3 Å². The van der Waals surface area contributed by atoms with Crippen LogP contribution < -0.4 is 10.2 Å². The van der Waals surface area contributed by atoms with Gasteiger partial charge in [0.2, 0.25) is 5.91 Å². The topological polar surface area (TPSA) is 52.7 Å². The van der Waals surface area contributed by atoms with Gasteiger partial charge >= 0.3 is 6.03 Å². The van der Waals surface area contributed by atoms with Crippen molar-refractivity contribution in [3.63, 3.8) is 0 Å². The second-order valence-corrected chi connectivity index (χ2v) is 8.95. The van der Waals surface area contributed by atoms with E-state index in [2.05, 4.69) is 24.4 Å². The predicted molar refractivity (Wildman–Crippen MR) is 138 cm³/mol. The monoisotopic (exact) mass is 455 g/mol. The molecule has 0 radical (unpaired) electrons. The molecule has 1 saturated heterocycles. The van der Waals surface area contributed by atoms with Crippen molar-refractivity contribution in [3.05, 3.63) is 95.6 Å². The average molecular weight is 456 g/mol. The van der Waals surface area contributed by atoms with Gasteiger partial charge in [-0.05, 0) is 55.5 Å². The second-order valence-electron chi connectivity index (χ2n) is 8.95. The molecule has 34 heavy (non-hydrogen) atoms. The number of benzene rings is 3. The van der Waals surface area contributed by atoms with Crippen LogP contribution in [0.3, 0.4) is 0 Å². The van der Waals surface area contributed by atoms with E-state index in [0.717, 1.165) is 28.8 Å². The molecule has 1 N–H and O–H groups in total. The fourth-order valence-electron chi connectivity index (χ4n) is 4.70. The van der Waals surface area contributed by atoms with Crippen LogP contribution in [-0.4, -0.2) is 29.9 Å². The molecule has 0 spiro atoms. The smallest absolute Gasteiger partial charge is 0.324 e. The summed E-state index contributed by atoms with van der Waals surface area (Å²) < 4.78 is 0. The van der Waals surface area contributed by atoms with Crippen molar-refractivity contribution in [1.82, 2.24) is 4.90 Å². The van der Waals surface area contributed by atoms with Crippen molar-refractivity contribution in [1.29, 1.82) is 0 Å². The highest BCUT2D eigenvalue weighted by Crippen LogP contribution is 2.33. The van der Waals surface area contributed by atoms with Crippen LogP contribution in [-0.2, 0) is 4.79 Å². The molecule has 0 aromatic heterocycles. The first-order valence-corrected chi connectivity index (χ1v) is 12.1. The van der Waals surface area contributed by atoms with Crippen LogP contribution >= 0.6 is 0 Å². The Morgan fingerprint density at radius 1 is 0.941 bits per heavy atom. The fraction of sp³-hybridized carbons (Fsp3) is 0.310. The molecule has 3 aromatic carbocycles. The molecule has 5 heteroatoms. The van der Waals surface area contributed by atoms with Crippen molar-refractivity contribution in [3.8, 4) is 0 Å².